The number of rotatable bonds is 6. The lowest BCUT2D eigenvalue weighted by Gasteiger charge is -2.07. The molecule has 0 fully saturated rings. The fraction of sp³-hybridized carbons (Fsp3) is 0.333. The van der Waals surface area contributed by atoms with Crippen LogP contribution in [0.3, 0.4) is 0 Å². The van der Waals surface area contributed by atoms with Gasteiger partial charge in [0.05, 0.1) is 0 Å². The maximum Gasteiger partial charge on any atom is 0.257 e. The average Bonchev–Trinajstić information content (AvgIpc) is 3.09. The third-order valence-electron chi connectivity index (χ3n) is 3.24. The van der Waals surface area contributed by atoms with Gasteiger partial charge in [0, 0.05) is 13.0 Å². The Bertz CT molecular complexity index is 809. The monoisotopic (exact) mass is 331 g/mol. The molecule has 0 spiro atoms. The molecule has 0 radical (unpaired) electrons. The van der Waals surface area contributed by atoms with Crippen LogP contribution in [0.15, 0.2) is 24.3 Å². The molecular weight excluding hydrogens is 314 g/mol. The molecule has 0 bridgehead atoms. The Morgan fingerprint density at radius 2 is 2.04 bits per heavy atom. The average molecular weight is 331 g/mol. The van der Waals surface area contributed by atoms with Gasteiger partial charge < -0.3 is 10.1 Å². The highest BCUT2D eigenvalue weighted by Gasteiger charge is 2.09. The summed E-state index contributed by atoms with van der Waals surface area (Å²) < 4.78 is 7.14. The van der Waals surface area contributed by atoms with Crippen LogP contribution in [0, 0.1) is 13.8 Å². The molecule has 0 aliphatic heterocycles. The van der Waals surface area contributed by atoms with E-state index in [0.717, 1.165) is 21.4 Å². The van der Waals surface area contributed by atoms with Gasteiger partial charge in [-0.15, -0.1) is 10.2 Å². The van der Waals surface area contributed by atoms with Gasteiger partial charge in [-0.2, -0.15) is 9.61 Å². The Hall–Kier alpha value is -2.48. The zero-order valence-electron chi connectivity index (χ0n) is 12.9. The summed E-state index contributed by atoms with van der Waals surface area (Å²) in [5, 5.41) is 16.1. The number of aromatic nitrogens is 4. The molecule has 3 rings (SSSR count). The molecule has 23 heavy (non-hydrogen) atoms. The van der Waals surface area contributed by atoms with E-state index in [1.54, 1.807) is 4.52 Å². The van der Waals surface area contributed by atoms with Gasteiger partial charge in [-0.1, -0.05) is 29.0 Å². The number of hydrogen-bond acceptors (Lipinski definition) is 6. The van der Waals surface area contributed by atoms with Crippen molar-refractivity contribution in [2.24, 2.45) is 0 Å². The number of nitrogens with zero attached hydrogens (tertiary/aromatic N) is 4. The topological polar surface area (TPSA) is 81.4 Å². The van der Waals surface area contributed by atoms with Crippen LogP contribution >= 0.6 is 11.3 Å². The van der Waals surface area contributed by atoms with Crippen LogP contribution in [0.1, 0.15) is 16.4 Å². The molecule has 0 atom stereocenters. The number of carbonyl (C=O) groups excluding carboxylic acids is 1. The van der Waals surface area contributed by atoms with Crippen LogP contribution in [0.4, 0.5) is 0 Å². The molecule has 0 saturated carbocycles. The van der Waals surface area contributed by atoms with Gasteiger partial charge >= 0.3 is 0 Å². The third kappa shape index (κ3) is 3.84. The molecule has 7 nitrogen and oxygen atoms in total. The predicted octanol–water partition coefficient (Wildman–Crippen LogP) is 1.54. The van der Waals surface area contributed by atoms with Crippen molar-refractivity contribution in [1.82, 2.24) is 25.1 Å². The fourth-order valence-electron chi connectivity index (χ4n) is 2.00. The molecule has 1 N–H and O–H groups in total. The van der Waals surface area contributed by atoms with Gasteiger partial charge in [0.1, 0.15) is 10.8 Å². The number of amides is 1. The van der Waals surface area contributed by atoms with E-state index in [-0.39, 0.29) is 12.5 Å². The van der Waals surface area contributed by atoms with Crippen LogP contribution in [0.5, 0.6) is 5.75 Å². The van der Waals surface area contributed by atoms with Crippen LogP contribution in [-0.2, 0) is 11.2 Å². The number of fused-ring (bicyclic) bond motifs is 1. The van der Waals surface area contributed by atoms with Gasteiger partial charge in [-0.25, -0.2) is 0 Å². The Kier molecular flexibility index (Phi) is 4.52. The first-order valence-corrected chi connectivity index (χ1v) is 8.07. The molecular formula is C15H17N5O2S. The Balaban J connectivity index is 1.42. The Morgan fingerprint density at radius 1 is 1.26 bits per heavy atom. The Labute approximate surface area is 137 Å². The molecule has 0 aliphatic rings. The van der Waals surface area contributed by atoms with E-state index >= 15 is 0 Å². The Morgan fingerprint density at radius 3 is 2.78 bits per heavy atom. The summed E-state index contributed by atoms with van der Waals surface area (Å²) in [4.78, 5) is 12.5. The smallest absolute Gasteiger partial charge is 0.257 e. The van der Waals surface area contributed by atoms with Crippen molar-refractivity contribution >= 4 is 22.2 Å². The van der Waals surface area contributed by atoms with Crippen LogP contribution < -0.4 is 10.1 Å². The van der Waals surface area contributed by atoms with E-state index in [2.05, 4.69) is 20.6 Å². The van der Waals surface area contributed by atoms with Crippen molar-refractivity contribution in [3.63, 3.8) is 0 Å². The van der Waals surface area contributed by atoms with Gasteiger partial charge in [0.25, 0.3) is 5.91 Å². The maximum atomic E-state index is 11.8. The highest BCUT2D eigenvalue weighted by atomic mass is 32.1. The second kappa shape index (κ2) is 6.74. The van der Waals surface area contributed by atoms with E-state index in [1.165, 1.54) is 11.3 Å². The van der Waals surface area contributed by atoms with Crippen molar-refractivity contribution in [3.8, 4) is 5.75 Å². The van der Waals surface area contributed by atoms with Crippen LogP contribution in [-0.4, -0.2) is 38.9 Å². The molecule has 0 saturated heterocycles. The number of nitrogens with one attached hydrogen (secondary N) is 1. The highest BCUT2D eigenvalue weighted by Crippen LogP contribution is 2.13. The number of benzene rings is 1. The van der Waals surface area contributed by atoms with E-state index in [9.17, 15) is 4.79 Å². The summed E-state index contributed by atoms with van der Waals surface area (Å²) in [6.07, 6.45) is 0.656. The second-order valence-corrected chi connectivity index (χ2v) is 6.18. The van der Waals surface area contributed by atoms with E-state index < -0.39 is 0 Å². The molecule has 3 aromatic rings. The number of hydrogen-bond donors (Lipinski definition) is 1. The minimum absolute atomic E-state index is 0.00722. The van der Waals surface area contributed by atoms with Crippen molar-refractivity contribution in [2.75, 3.05) is 13.2 Å². The van der Waals surface area contributed by atoms with E-state index in [1.807, 2.05) is 38.1 Å². The molecule has 2 heterocycles. The summed E-state index contributed by atoms with van der Waals surface area (Å²) in [7, 11) is 0. The van der Waals surface area contributed by atoms with E-state index in [4.69, 9.17) is 4.74 Å². The predicted molar refractivity (Wildman–Crippen MR) is 86.8 cm³/mol. The minimum atomic E-state index is -0.148. The molecule has 0 aliphatic carbocycles. The zero-order chi connectivity index (χ0) is 16.2. The van der Waals surface area contributed by atoms with Gasteiger partial charge in [0.15, 0.2) is 12.4 Å². The van der Waals surface area contributed by atoms with Gasteiger partial charge in [0.2, 0.25) is 4.96 Å². The molecule has 8 heteroatoms. The molecule has 1 aromatic carbocycles. The summed E-state index contributed by atoms with van der Waals surface area (Å²) in [5.41, 5.74) is 1.15. The third-order valence-corrected chi connectivity index (χ3v) is 4.20. The molecule has 0 unspecified atom stereocenters. The lowest BCUT2D eigenvalue weighted by molar-refractivity contribution is -0.123. The van der Waals surface area contributed by atoms with Crippen molar-refractivity contribution < 1.29 is 9.53 Å². The van der Waals surface area contributed by atoms with Crippen molar-refractivity contribution in [1.29, 1.82) is 0 Å². The summed E-state index contributed by atoms with van der Waals surface area (Å²) in [6.45, 7) is 4.38. The maximum absolute atomic E-state index is 11.8. The molecule has 1 amide bonds. The standard InChI is InChI=1S/C15H17N5O2S/c1-10-3-5-12(6-4-10)22-9-13(21)16-8-7-14-19-20-11(2)17-18-15(20)23-14/h3-6H,7-9H2,1-2H3,(H,16,21). The largest absolute Gasteiger partial charge is 0.484 e. The lowest BCUT2D eigenvalue weighted by Crippen LogP contribution is -2.30. The fourth-order valence-corrected chi connectivity index (χ4v) is 2.88. The van der Waals surface area contributed by atoms with Gasteiger partial charge in [-0.05, 0) is 26.0 Å². The minimum Gasteiger partial charge on any atom is -0.484 e. The first-order valence-electron chi connectivity index (χ1n) is 7.26. The van der Waals surface area contributed by atoms with Gasteiger partial charge in [-0.3, -0.25) is 4.79 Å². The molecule has 120 valence electrons. The number of aryl methyl sites for hydroxylation is 2. The summed E-state index contributed by atoms with van der Waals surface area (Å²) in [6, 6.07) is 7.60. The summed E-state index contributed by atoms with van der Waals surface area (Å²) >= 11 is 1.48. The normalized spacial score (nSPS) is 10.9. The van der Waals surface area contributed by atoms with Crippen molar-refractivity contribution in [2.45, 2.75) is 20.3 Å². The molecule has 2 aromatic heterocycles. The van der Waals surface area contributed by atoms with Crippen LogP contribution in [0.25, 0.3) is 4.96 Å². The van der Waals surface area contributed by atoms with E-state index in [0.29, 0.717) is 18.7 Å². The SMILES string of the molecule is Cc1ccc(OCC(=O)NCCc2nn3c(C)nnc3s2)cc1. The first-order chi connectivity index (χ1) is 11.1. The quantitative estimate of drug-likeness (QED) is 0.741. The van der Waals surface area contributed by atoms with Crippen molar-refractivity contribution in [3.05, 3.63) is 40.7 Å². The second-order valence-electron chi connectivity index (χ2n) is 5.14. The lowest BCUT2D eigenvalue weighted by atomic mass is 10.2. The number of ether oxygens (including phenoxy) is 1. The summed E-state index contributed by atoms with van der Waals surface area (Å²) in [5.74, 6) is 1.30. The first kappa shape index (κ1) is 15.4. The number of carbonyl (C=O) groups is 1. The highest BCUT2D eigenvalue weighted by molar-refractivity contribution is 7.16. The van der Waals surface area contributed by atoms with Crippen LogP contribution in [0.2, 0.25) is 0 Å². The zero-order valence-corrected chi connectivity index (χ0v) is 13.8.